The molecule has 0 aromatic carbocycles. The molecule has 18 heavy (non-hydrogen) atoms. The molecule has 1 aliphatic heterocycles. The van der Waals surface area contributed by atoms with Gasteiger partial charge in [-0.2, -0.15) is 11.8 Å². The summed E-state index contributed by atoms with van der Waals surface area (Å²) in [5.41, 5.74) is 1.13. The number of anilines is 2. The Morgan fingerprint density at radius 1 is 1.39 bits per heavy atom. The van der Waals surface area contributed by atoms with Crippen molar-refractivity contribution in [3.05, 3.63) is 11.9 Å². The van der Waals surface area contributed by atoms with E-state index in [-0.39, 0.29) is 0 Å². The average molecular weight is 266 g/mol. The zero-order valence-electron chi connectivity index (χ0n) is 11.2. The Kier molecular flexibility index (Phi) is 5.11. The van der Waals surface area contributed by atoms with Crippen LogP contribution in [0.5, 0.6) is 0 Å². The van der Waals surface area contributed by atoms with Crippen molar-refractivity contribution in [1.29, 1.82) is 0 Å². The maximum Gasteiger partial charge on any atom is 0.134 e. The minimum atomic E-state index is 0.552. The van der Waals surface area contributed by atoms with Gasteiger partial charge in [-0.15, -0.1) is 0 Å². The molecule has 1 fully saturated rings. The van der Waals surface area contributed by atoms with E-state index in [1.165, 1.54) is 24.3 Å². The first-order valence-corrected chi connectivity index (χ1v) is 7.86. The minimum absolute atomic E-state index is 0.552. The lowest BCUT2D eigenvalue weighted by Gasteiger charge is -2.24. The van der Waals surface area contributed by atoms with Gasteiger partial charge in [0.2, 0.25) is 0 Å². The molecule has 2 N–H and O–H groups in total. The van der Waals surface area contributed by atoms with E-state index in [1.54, 1.807) is 6.33 Å². The van der Waals surface area contributed by atoms with Crippen LogP contribution in [0.3, 0.4) is 0 Å². The average Bonchev–Trinajstić information content (AvgIpc) is 2.41. The van der Waals surface area contributed by atoms with Gasteiger partial charge in [-0.05, 0) is 31.9 Å². The van der Waals surface area contributed by atoms with Gasteiger partial charge in [0.25, 0.3) is 0 Å². The molecule has 0 radical (unpaired) electrons. The summed E-state index contributed by atoms with van der Waals surface area (Å²) in [5, 5.41) is 6.90. The second kappa shape index (κ2) is 6.83. The number of rotatable bonds is 5. The fraction of sp³-hybridized carbons (Fsp3) is 0.692. The summed E-state index contributed by atoms with van der Waals surface area (Å²) in [6.07, 6.45) is 5.29. The highest BCUT2D eigenvalue weighted by atomic mass is 32.2. The third-order valence-corrected chi connectivity index (χ3v) is 4.34. The van der Waals surface area contributed by atoms with Crippen molar-refractivity contribution in [3.63, 3.8) is 0 Å². The predicted octanol–water partition coefficient (Wildman–Crippen LogP) is 2.91. The number of nitrogens with zero attached hydrogens (tertiary/aromatic N) is 2. The molecule has 0 amide bonds. The molecule has 1 unspecified atom stereocenters. The maximum atomic E-state index is 4.37. The van der Waals surface area contributed by atoms with Gasteiger partial charge in [-0.1, -0.05) is 6.92 Å². The lowest BCUT2D eigenvalue weighted by atomic mass is 10.2. The van der Waals surface area contributed by atoms with E-state index in [4.69, 9.17) is 0 Å². The van der Waals surface area contributed by atoms with Crippen molar-refractivity contribution in [3.8, 4) is 0 Å². The normalized spacial score (nSPS) is 19.6. The van der Waals surface area contributed by atoms with E-state index < -0.39 is 0 Å². The summed E-state index contributed by atoms with van der Waals surface area (Å²) in [6, 6.07) is 0.552. The highest BCUT2D eigenvalue weighted by Crippen LogP contribution is 2.23. The van der Waals surface area contributed by atoms with E-state index in [0.717, 1.165) is 30.2 Å². The first-order chi connectivity index (χ1) is 8.81. The van der Waals surface area contributed by atoms with Crippen LogP contribution in [0.1, 0.15) is 31.7 Å². The van der Waals surface area contributed by atoms with Gasteiger partial charge in [0.1, 0.15) is 18.0 Å². The molecule has 0 aliphatic carbocycles. The van der Waals surface area contributed by atoms with E-state index in [0.29, 0.717) is 6.04 Å². The molecule has 0 saturated carbocycles. The van der Waals surface area contributed by atoms with E-state index in [1.807, 2.05) is 11.8 Å². The quantitative estimate of drug-likeness (QED) is 0.858. The van der Waals surface area contributed by atoms with Gasteiger partial charge in [0.05, 0.1) is 0 Å². The summed E-state index contributed by atoms with van der Waals surface area (Å²) in [5.74, 6) is 4.42. The molecular formula is C13H22N4S. The Morgan fingerprint density at radius 2 is 2.22 bits per heavy atom. The van der Waals surface area contributed by atoms with Gasteiger partial charge < -0.3 is 10.6 Å². The third kappa shape index (κ3) is 3.51. The van der Waals surface area contributed by atoms with Crippen molar-refractivity contribution in [1.82, 2.24) is 9.97 Å². The number of hydrogen-bond acceptors (Lipinski definition) is 5. The molecule has 1 aromatic rings. The van der Waals surface area contributed by atoms with Crippen LogP contribution in [-0.4, -0.2) is 34.1 Å². The van der Waals surface area contributed by atoms with Crippen LogP contribution in [0.25, 0.3) is 0 Å². The fourth-order valence-corrected chi connectivity index (χ4v) is 3.14. The first kappa shape index (κ1) is 13.5. The molecule has 1 aromatic heterocycles. The Balaban J connectivity index is 2.02. The van der Waals surface area contributed by atoms with E-state index in [2.05, 4.69) is 34.4 Å². The van der Waals surface area contributed by atoms with Gasteiger partial charge in [0, 0.05) is 23.9 Å². The zero-order chi connectivity index (χ0) is 12.8. The summed E-state index contributed by atoms with van der Waals surface area (Å²) in [7, 11) is 0. The number of thioether (sulfide) groups is 1. The van der Waals surface area contributed by atoms with Crippen LogP contribution in [0.15, 0.2) is 6.33 Å². The van der Waals surface area contributed by atoms with Crippen molar-refractivity contribution < 1.29 is 0 Å². The number of nitrogens with one attached hydrogen (secondary N) is 2. The van der Waals surface area contributed by atoms with Gasteiger partial charge >= 0.3 is 0 Å². The van der Waals surface area contributed by atoms with Crippen LogP contribution >= 0.6 is 11.8 Å². The third-order valence-electron chi connectivity index (χ3n) is 3.13. The lowest BCUT2D eigenvalue weighted by molar-refractivity contribution is 0.681. The highest BCUT2D eigenvalue weighted by molar-refractivity contribution is 7.99. The van der Waals surface area contributed by atoms with Gasteiger partial charge in [-0.25, -0.2) is 9.97 Å². The summed E-state index contributed by atoms with van der Waals surface area (Å²) in [6.45, 7) is 5.19. The second-order valence-corrected chi connectivity index (χ2v) is 5.83. The zero-order valence-corrected chi connectivity index (χ0v) is 12.0. The molecule has 0 spiro atoms. The Hall–Kier alpha value is -0.970. The SMILES string of the molecule is CCCNc1ncnc(NC2CCCSC2)c1C. The molecule has 1 atom stereocenters. The van der Waals surface area contributed by atoms with E-state index >= 15 is 0 Å². The number of aromatic nitrogens is 2. The molecule has 100 valence electrons. The van der Waals surface area contributed by atoms with Crippen LogP contribution in [-0.2, 0) is 0 Å². The lowest BCUT2D eigenvalue weighted by Crippen LogP contribution is -2.26. The molecule has 2 heterocycles. The van der Waals surface area contributed by atoms with Crippen LogP contribution in [0.4, 0.5) is 11.6 Å². The molecule has 0 bridgehead atoms. The summed E-state index contributed by atoms with van der Waals surface area (Å²) in [4.78, 5) is 8.67. The van der Waals surface area contributed by atoms with Crippen molar-refractivity contribution in [2.24, 2.45) is 0 Å². The smallest absolute Gasteiger partial charge is 0.134 e. The minimum Gasteiger partial charge on any atom is -0.370 e. The Morgan fingerprint density at radius 3 is 2.94 bits per heavy atom. The van der Waals surface area contributed by atoms with Crippen LogP contribution in [0, 0.1) is 6.92 Å². The van der Waals surface area contributed by atoms with Crippen molar-refractivity contribution in [2.45, 2.75) is 39.2 Å². The first-order valence-electron chi connectivity index (χ1n) is 6.71. The largest absolute Gasteiger partial charge is 0.370 e. The van der Waals surface area contributed by atoms with Crippen molar-refractivity contribution >= 4 is 23.4 Å². The van der Waals surface area contributed by atoms with Gasteiger partial charge in [0.15, 0.2) is 0 Å². The van der Waals surface area contributed by atoms with Crippen molar-refractivity contribution in [2.75, 3.05) is 28.7 Å². The van der Waals surface area contributed by atoms with Gasteiger partial charge in [-0.3, -0.25) is 0 Å². The highest BCUT2D eigenvalue weighted by Gasteiger charge is 2.15. The molecule has 4 nitrogen and oxygen atoms in total. The molecule has 2 rings (SSSR count). The van der Waals surface area contributed by atoms with Crippen LogP contribution < -0.4 is 10.6 Å². The predicted molar refractivity (Wildman–Crippen MR) is 79.5 cm³/mol. The molecule has 1 saturated heterocycles. The maximum absolute atomic E-state index is 4.37. The monoisotopic (exact) mass is 266 g/mol. The number of hydrogen-bond donors (Lipinski definition) is 2. The molecule has 1 aliphatic rings. The summed E-state index contributed by atoms with van der Waals surface area (Å²) >= 11 is 2.02. The summed E-state index contributed by atoms with van der Waals surface area (Å²) < 4.78 is 0. The standard InChI is InChI=1S/C13H22N4S/c1-3-6-14-12-10(2)13(16-9-15-12)17-11-5-4-7-18-8-11/h9,11H,3-8H2,1-2H3,(H2,14,15,16,17). The molecular weight excluding hydrogens is 244 g/mol. The second-order valence-electron chi connectivity index (χ2n) is 4.68. The molecule has 5 heteroatoms. The van der Waals surface area contributed by atoms with E-state index in [9.17, 15) is 0 Å². The Labute approximate surface area is 113 Å². The Bertz CT molecular complexity index is 377. The topological polar surface area (TPSA) is 49.8 Å². The van der Waals surface area contributed by atoms with Crippen LogP contribution in [0.2, 0.25) is 0 Å². The fourth-order valence-electron chi connectivity index (χ4n) is 2.07.